The lowest BCUT2D eigenvalue weighted by Crippen LogP contribution is -2.38. The molecule has 0 heterocycles. The summed E-state index contributed by atoms with van der Waals surface area (Å²) in [6.45, 7) is 3.86. The molecule has 0 radical (unpaired) electrons. The van der Waals surface area contributed by atoms with Gasteiger partial charge in [0, 0.05) is 25.8 Å². The summed E-state index contributed by atoms with van der Waals surface area (Å²) in [6.07, 6.45) is -4.17. The zero-order chi connectivity index (χ0) is 19.4. The smallest absolute Gasteiger partial charge is 0.411 e. The molecule has 0 fully saturated rings. The minimum absolute atomic E-state index is 0.00496. The monoisotopic (exact) mass is 379 g/mol. The van der Waals surface area contributed by atoms with E-state index in [1.54, 1.807) is 12.1 Å². The number of benzene rings is 1. The molecular formula is C17H25F4N3O2. The van der Waals surface area contributed by atoms with Crippen molar-refractivity contribution >= 4 is 5.96 Å². The highest BCUT2D eigenvalue weighted by molar-refractivity contribution is 5.79. The first kappa shape index (κ1) is 22.0. The van der Waals surface area contributed by atoms with Crippen LogP contribution < -0.4 is 15.4 Å². The van der Waals surface area contributed by atoms with Gasteiger partial charge in [-0.2, -0.15) is 13.2 Å². The summed E-state index contributed by atoms with van der Waals surface area (Å²) < 4.78 is 59.1. The Balaban J connectivity index is 2.33. The number of hydrogen-bond donors (Lipinski definition) is 2. The number of guanidine groups is 1. The van der Waals surface area contributed by atoms with Crippen LogP contribution in [0.1, 0.15) is 20.3 Å². The maximum absolute atomic E-state index is 13.1. The zero-order valence-electron chi connectivity index (χ0n) is 14.9. The van der Waals surface area contributed by atoms with E-state index in [4.69, 9.17) is 4.74 Å². The second kappa shape index (κ2) is 11.6. The third kappa shape index (κ3) is 10.8. The van der Waals surface area contributed by atoms with Gasteiger partial charge in [0.05, 0.1) is 6.54 Å². The van der Waals surface area contributed by atoms with E-state index in [-0.39, 0.29) is 18.5 Å². The standard InChI is InChI=1S/C17H25F4N3O2/c1-3-22-16(23-8-5-9-25-12-17(19,20)21)24-11-13(2)26-15-7-4-6-14(18)10-15/h4,6-7,10,13H,3,5,8-9,11-12H2,1-2H3,(H2,22,23,24). The Labute approximate surface area is 150 Å². The SMILES string of the molecule is CCNC(=NCC(C)Oc1cccc(F)c1)NCCCOCC(F)(F)F. The summed E-state index contributed by atoms with van der Waals surface area (Å²) >= 11 is 0. The fourth-order valence-corrected chi connectivity index (χ4v) is 1.94. The second-order valence-corrected chi connectivity index (χ2v) is 5.55. The summed E-state index contributed by atoms with van der Waals surface area (Å²) in [6, 6.07) is 5.85. The number of alkyl halides is 3. The molecule has 1 aromatic rings. The Morgan fingerprint density at radius 1 is 1.27 bits per heavy atom. The zero-order valence-corrected chi connectivity index (χ0v) is 14.9. The minimum Gasteiger partial charge on any atom is -0.489 e. The van der Waals surface area contributed by atoms with Crippen LogP contribution in [0.4, 0.5) is 17.6 Å². The number of nitrogens with zero attached hydrogens (tertiary/aromatic N) is 1. The molecule has 5 nitrogen and oxygen atoms in total. The molecule has 0 spiro atoms. The summed E-state index contributed by atoms with van der Waals surface area (Å²) in [5.74, 6) is 0.575. The summed E-state index contributed by atoms with van der Waals surface area (Å²) in [5.41, 5.74) is 0. The van der Waals surface area contributed by atoms with E-state index in [1.165, 1.54) is 12.1 Å². The molecule has 1 unspecified atom stereocenters. The van der Waals surface area contributed by atoms with Crippen LogP contribution in [0.2, 0.25) is 0 Å². The van der Waals surface area contributed by atoms with Crippen LogP contribution in [0, 0.1) is 5.82 Å². The Morgan fingerprint density at radius 3 is 2.69 bits per heavy atom. The van der Waals surface area contributed by atoms with Gasteiger partial charge in [0.1, 0.15) is 24.3 Å². The molecule has 0 saturated heterocycles. The summed E-state index contributed by atoms with van der Waals surface area (Å²) in [7, 11) is 0. The molecule has 1 aromatic carbocycles. The Morgan fingerprint density at radius 2 is 2.04 bits per heavy atom. The first-order valence-electron chi connectivity index (χ1n) is 8.39. The number of nitrogens with one attached hydrogen (secondary N) is 2. The van der Waals surface area contributed by atoms with E-state index >= 15 is 0 Å². The first-order chi connectivity index (χ1) is 12.3. The molecule has 0 aromatic heterocycles. The van der Waals surface area contributed by atoms with Gasteiger partial charge in [0.15, 0.2) is 5.96 Å². The summed E-state index contributed by atoms with van der Waals surface area (Å²) in [5, 5.41) is 6.04. The van der Waals surface area contributed by atoms with Gasteiger partial charge in [-0.25, -0.2) is 9.38 Å². The van der Waals surface area contributed by atoms with Crippen molar-refractivity contribution in [1.82, 2.24) is 10.6 Å². The number of rotatable bonds is 10. The van der Waals surface area contributed by atoms with Crippen molar-refractivity contribution in [3.63, 3.8) is 0 Å². The van der Waals surface area contributed by atoms with E-state index < -0.39 is 12.8 Å². The van der Waals surface area contributed by atoms with Crippen molar-refractivity contribution in [3.05, 3.63) is 30.1 Å². The van der Waals surface area contributed by atoms with Gasteiger partial charge < -0.3 is 20.1 Å². The van der Waals surface area contributed by atoms with Crippen molar-refractivity contribution in [2.45, 2.75) is 32.5 Å². The fraction of sp³-hybridized carbons (Fsp3) is 0.588. The minimum atomic E-state index is -4.30. The first-order valence-corrected chi connectivity index (χ1v) is 8.39. The molecule has 26 heavy (non-hydrogen) atoms. The number of ether oxygens (including phenoxy) is 2. The highest BCUT2D eigenvalue weighted by Gasteiger charge is 2.27. The highest BCUT2D eigenvalue weighted by Crippen LogP contribution is 2.14. The lowest BCUT2D eigenvalue weighted by Gasteiger charge is -2.15. The average molecular weight is 379 g/mol. The van der Waals surface area contributed by atoms with Crippen LogP contribution >= 0.6 is 0 Å². The van der Waals surface area contributed by atoms with Crippen LogP contribution in [0.5, 0.6) is 5.75 Å². The van der Waals surface area contributed by atoms with Crippen LogP contribution in [0.15, 0.2) is 29.3 Å². The molecule has 9 heteroatoms. The number of hydrogen-bond acceptors (Lipinski definition) is 3. The Kier molecular flexibility index (Phi) is 9.79. The van der Waals surface area contributed by atoms with E-state index in [2.05, 4.69) is 20.4 Å². The Bertz CT molecular complexity index is 553. The van der Waals surface area contributed by atoms with E-state index in [9.17, 15) is 17.6 Å². The van der Waals surface area contributed by atoms with Gasteiger partial charge in [-0.05, 0) is 32.4 Å². The maximum atomic E-state index is 13.1. The van der Waals surface area contributed by atoms with Gasteiger partial charge in [-0.15, -0.1) is 0 Å². The van der Waals surface area contributed by atoms with Crippen molar-refractivity contribution in [3.8, 4) is 5.75 Å². The maximum Gasteiger partial charge on any atom is 0.411 e. The van der Waals surface area contributed by atoms with E-state index in [0.717, 1.165) is 0 Å². The Hall–Kier alpha value is -2.03. The molecule has 0 amide bonds. The van der Waals surface area contributed by atoms with Gasteiger partial charge in [0.25, 0.3) is 0 Å². The molecule has 148 valence electrons. The quantitative estimate of drug-likeness (QED) is 0.284. The topological polar surface area (TPSA) is 54.9 Å². The second-order valence-electron chi connectivity index (χ2n) is 5.55. The molecule has 2 N–H and O–H groups in total. The lowest BCUT2D eigenvalue weighted by atomic mass is 10.3. The van der Waals surface area contributed by atoms with Crippen LogP contribution in [-0.2, 0) is 4.74 Å². The predicted molar refractivity (Wildman–Crippen MR) is 92.0 cm³/mol. The van der Waals surface area contributed by atoms with Crippen molar-refractivity contribution < 1.29 is 27.0 Å². The molecule has 1 rings (SSSR count). The molecule has 0 saturated carbocycles. The highest BCUT2D eigenvalue weighted by atomic mass is 19.4. The van der Waals surface area contributed by atoms with Gasteiger partial charge in [0.2, 0.25) is 0 Å². The van der Waals surface area contributed by atoms with Crippen molar-refractivity contribution in [2.24, 2.45) is 4.99 Å². The van der Waals surface area contributed by atoms with Crippen LogP contribution in [0.25, 0.3) is 0 Å². The molecule has 0 aliphatic carbocycles. The van der Waals surface area contributed by atoms with Crippen molar-refractivity contribution in [2.75, 3.05) is 32.8 Å². The molecule has 0 bridgehead atoms. The molecule has 1 atom stereocenters. The third-order valence-electron chi connectivity index (χ3n) is 3.01. The van der Waals surface area contributed by atoms with Gasteiger partial charge in [-0.3, -0.25) is 0 Å². The van der Waals surface area contributed by atoms with E-state index in [1.807, 2.05) is 13.8 Å². The van der Waals surface area contributed by atoms with E-state index in [0.29, 0.717) is 37.8 Å². The molecular weight excluding hydrogens is 354 g/mol. The summed E-state index contributed by atoms with van der Waals surface area (Å²) in [4.78, 5) is 4.34. The van der Waals surface area contributed by atoms with Crippen LogP contribution in [0.3, 0.4) is 0 Å². The van der Waals surface area contributed by atoms with Crippen molar-refractivity contribution in [1.29, 1.82) is 0 Å². The largest absolute Gasteiger partial charge is 0.489 e. The lowest BCUT2D eigenvalue weighted by molar-refractivity contribution is -0.173. The number of aliphatic imine (C=N–C) groups is 1. The average Bonchev–Trinajstić information content (AvgIpc) is 2.54. The third-order valence-corrected chi connectivity index (χ3v) is 3.01. The molecule has 0 aliphatic heterocycles. The predicted octanol–water partition coefficient (Wildman–Crippen LogP) is 3.12. The van der Waals surface area contributed by atoms with Gasteiger partial charge >= 0.3 is 6.18 Å². The normalized spacial score (nSPS) is 13.4. The number of halogens is 4. The fourth-order valence-electron chi connectivity index (χ4n) is 1.94. The van der Waals surface area contributed by atoms with Gasteiger partial charge in [-0.1, -0.05) is 6.07 Å². The van der Waals surface area contributed by atoms with Crippen LogP contribution in [-0.4, -0.2) is 51.1 Å². The molecule has 0 aliphatic rings.